The number of ether oxygens (including phenoxy) is 1. The highest BCUT2D eigenvalue weighted by atomic mass is 79.9. The van der Waals surface area contributed by atoms with Gasteiger partial charge in [-0.05, 0) is 51.0 Å². The molecule has 3 N–H and O–H groups in total. The van der Waals surface area contributed by atoms with Gasteiger partial charge in [0.1, 0.15) is 11.8 Å². The molecular formula is C25H34BrN3O5S. The molecule has 7 atom stereocenters. The van der Waals surface area contributed by atoms with Gasteiger partial charge in [0.15, 0.2) is 0 Å². The fourth-order valence-corrected chi connectivity index (χ4v) is 9.55. The van der Waals surface area contributed by atoms with Gasteiger partial charge in [-0.15, -0.1) is 11.8 Å². The molecule has 0 saturated carbocycles. The second kappa shape index (κ2) is 10.7. The summed E-state index contributed by atoms with van der Waals surface area (Å²) in [5.74, 6) is -1.11. The van der Waals surface area contributed by atoms with E-state index in [1.54, 1.807) is 36.0 Å². The van der Waals surface area contributed by atoms with E-state index in [1.165, 1.54) is 4.90 Å². The second-order valence-electron chi connectivity index (χ2n) is 9.56. The summed E-state index contributed by atoms with van der Waals surface area (Å²) in [4.78, 5) is 42.3. The van der Waals surface area contributed by atoms with E-state index in [4.69, 9.17) is 4.74 Å². The molecule has 0 radical (unpaired) electrons. The molecule has 0 aromatic heterocycles. The molecule has 4 rings (SSSR count). The van der Waals surface area contributed by atoms with Crippen LogP contribution < -0.4 is 15.4 Å². The number of amides is 3. The van der Waals surface area contributed by atoms with Gasteiger partial charge >= 0.3 is 0 Å². The Morgan fingerprint density at radius 1 is 1.29 bits per heavy atom. The summed E-state index contributed by atoms with van der Waals surface area (Å²) < 4.78 is 4.76. The van der Waals surface area contributed by atoms with Crippen LogP contribution in [0.2, 0.25) is 0 Å². The lowest BCUT2D eigenvalue weighted by atomic mass is 9.70. The topological polar surface area (TPSA) is 108 Å². The van der Waals surface area contributed by atoms with Crippen molar-refractivity contribution in [3.63, 3.8) is 0 Å². The molecule has 3 fully saturated rings. The summed E-state index contributed by atoms with van der Waals surface area (Å²) in [6.45, 7) is 6.32. The first kappa shape index (κ1) is 26.3. The van der Waals surface area contributed by atoms with Gasteiger partial charge in [0.2, 0.25) is 17.7 Å². The quantitative estimate of drug-likeness (QED) is 0.375. The van der Waals surface area contributed by atoms with Crippen LogP contribution in [0.25, 0.3) is 0 Å². The van der Waals surface area contributed by atoms with Crippen molar-refractivity contribution in [3.05, 3.63) is 24.3 Å². The third-order valence-corrected chi connectivity index (χ3v) is 10.4. The molecule has 1 aromatic rings. The molecule has 8 nitrogen and oxygen atoms in total. The number of halogens is 1. The second-order valence-corrected chi connectivity index (χ2v) is 12.3. The number of thioether (sulfide) groups is 1. The zero-order chi connectivity index (χ0) is 25.3. The molecule has 35 heavy (non-hydrogen) atoms. The minimum Gasteiger partial charge on any atom is -0.494 e. The van der Waals surface area contributed by atoms with Gasteiger partial charge in [0.25, 0.3) is 0 Å². The van der Waals surface area contributed by atoms with Crippen LogP contribution in [0.4, 0.5) is 5.69 Å². The maximum Gasteiger partial charge on any atom is 0.244 e. The summed E-state index contributed by atoms with van der Waals surface area (Å²) in [6, 6.07) is 6.42. The average Bonchev–Trinajstić information content (AvgIpc) is 3.39. The lowest BCUT2D eigenvalue weighted by Crippen LogP contribution is -2.56. The SMILES string of the molecule is CCCC(C)NC(=O)C1N(CCO)C(=O)[C@@H]2[C@H](C(=O)Nc3ccc(OCC)cc3)[C@H]3SC12CC3Br. The minimum atomic E-state index is -0.718. The number of likely N-dealkylation sites (tertiary alicyclic amines) is 1. The number of hydrogen-bond acceptors (Lipinski definition) is 6. The number of nitrogens with zero attached hydrogens (tertiary/aromatic N) is 1. The Morgan fingerprint density at radius 2 is 2.00 bits per heavy atom. The van der Waals surface area contributed by atoms with Crippen molar-refractivity contribution in [2.75, 3.05) is 25.1 Å². The summed E-state index contributed by atoms with van der Waals surface area (Å²) in [5.41, 5.74) is 0.631. The lowest BCUT2D eigenvalue weighted by molar-refractivity contribution is -0.139. The number of rotatable bonds is 10. The molecule has 3 amide bonds. The summed E-state index contributed by atoms with van der Waals surface area (Å²) >= 11 is 5.34. The maximum absolute atomic E-state index is 13.7. The molecule has 1 spiro atoms. The van der Waals surface area contributed by atoms with Gasteiger partial charge in [-0.3, -0.25) is 14.4 Å². The van der Waals surface area contributed by atoms with E-state index in [0.717, 1.165) is 18.6 Å². The fourth-order valence-electron chi connectivity index (χ4n) is 5.93. The van der Waals surface area contributed by atoms with Crippen LogP contribution in [0.15, 0.2) is 24.3 Å². The normalized spacial score (nSPS) is 31.9. The van der Waals surface area contributed by atoms with Crippen molar-refractivity contribution in [1.29, 1.82) is 0 Å². The van der Waals surface area contributed by atoms with Gasteiger partial charge in [0, 0.05) is 28.4 Å². The standard InChI is InChI=1S/C25H34BrN3O5S/c1-4-6-14(3)27-23(32)21-25-13-17(26)20(35-25)18(19(25)24(33)29(21)11-12-30)22(31)28-15-7-9-16(10-8-15)34-5-2/h7-10,14,17-21,30H,4-6,11-13H2,1-3H3,(H,27,32)(H,28,31)/t14?,17?,18-,19-,20-,21?,25?/m0/s1. The first-order chi connectivity index (χ1) is 16.8. The molecular weight excluding hydrogens is 534 g/mol. The summed E-state index contributed by atoms with van der Waals surface area (Å²) in [6.07, 6.45) is 2.40. The largest absolute Gasteiger partial charge is 0.494 e. The van der Waals surface area contributed by atoms with Crippen molar-refractivity contribution in [2.24, 2.45) is 11.8 Å². The van der Waals surface area contributed by atoms with Crippen molar-refractivity contribution in [3.8, 4) is 5.75 Å². The molecule has 3 aliphatic heterocycles. The van der Waals surface area contributed by atoms with E-state index in [2.05, 4.69) is 33.5 Å². The zero-order valence-electron chi connectivity index (χ0n) is 20.3. The number of carbonyl (C=O) groups is 3. The zero-order valence-corrected chi connectivity index (χ0v) is 22.7. The van der Waals surface area contributed by atoms with E-state index in [0.29, 0.717) is 18.7 Å². The molecule has 3 heterocycles. The molecule has 10 heteroatoms. The molecule has 192 valence electrons. The van der Waals surface area contributed by atoms with Crippen LogP contribution in [0, 0.1) is 11.8 Å². The first-order valence-corrected chi connectivity index (χ1v) is 14.1. The number of aliphatic hydroxyl groups is 1. The van der Waals surface area contributed by atoms with E-state index in [9.17, 15) is 19.5 Å². The molecule has 4 unspecified atom stereocenters. The van der Waals surface area contributed by atoms with Gasteiger partial charge in [-0.25, -0.2) is 0 Å². The Kier molecular flexibility index (Phi) is 8.02. The predicted molar refractivity (Wildman–Crippen MR) is 140 cm³/mol. The Labute approximate surface area is 219 Å². The Balaban J connectivity index is 1.61. The molecule has 2 bridgehead atoms. The van der Waals surface area contributed by atoms with Crippen LogP contribution in [0.5, 0.6) is 5.75 Å². The minimum absolute atomic E-state index is 0.00470. The van der Waals surface area contributed by atoms with Crippen molar-refractivity contribution < 1.29 is 24.2 Å². The molecule has 3 aliphatic rings. The lowest BCUT2D eigenvalue weighted by Gasteiger charge is -2.35. The van der Waals surface area contributed by atoms with Crippen molar-refractivity contribution >= 4 is 51.1 Å². The number of alkyl halides is 1. The first-order valence-electron chi connectivity index (χ1n) is 12.3. The van der Waals surface area contributed by atoms with Crippen LogP contribution in [0.3, 0.4) is 0 Å². The summed E-state index contributed by atoms with van der Waals surface area (Å²) in [7, 11) is 0. The number of fused-ring (bicyclic) bond motifs is 1. The number of β-amino-alcohol motifs (C(OH)–C–C–N with tert-alkyl or cyclic N) is 1. The van der Waals surface area contributed by atoms with Crippen LogP contribution >= 0.6 is 27.7 Å². The van der Waals surface area contributed by atoms with Crippen LogP contribution in [-0.2, 0) is 14.4 Å². The molecule has 3 saturated heterocycles. The Hall–Kier alpha value is -1.78. The number of benzene rings is 1. The van der Waals surface area contributed by atoms with E-state index in [-0.39, 0.29) is 47.0 Å². The highest BCUT2D eigenvalue weighted by molar-refractivity contribution is 9.09. The third-order valence-electron chi connectivity index (χ3n) is 7.22. The smallest absolute Gasteiger partial charge is 0.244 e. The fraction of sp³-hybridized carbons (Fsp3) is 0.640. The highest BCUT2D eigenvalue weighted by Crippen LogP contribution is 2.67. The van der Waals surface area contributed by atoms with Crippen LogP contribution in [0.1, 0.15) is 40.0 Å². The molecule has 0 aliphatic carbocycles. The number of hydrogen-bond donors (Lipinski definition) is 3. The average molecular weight is 569 g/mol. The third kappa shape index (κ3) is 4.69. The number of anilines is 1. The van der Waals surface area contributed by atoms with Gasteiger partial charge < -0.3 is 25.4 Å². The van der Waals surface area contributed by atoms with Crippen molar-refractivity contribution in [2.45, 2.75) is 66.9 Å². The Bertz CT molecular complexity index is 963. The highest BCUT2D eigenvalue weighted by Gasteiger charge is 2.75. The predicted octanol–water partition coefficient (Wildman–Crippen LogP) is 2.79. The van der Waals surface area contributed by atoms with Gasteiger partial charge in [0.05, 0.1) is 29.8 Å². The monoisotopic (exact) mass is 567 g/mol. The van der Waals surface area contributed by atoms with Crippen LogP contribution in [-0.4, -0.2) is 74.4 Å². The number of carbonyl (C=O) groups excluding carboxylic acids is 3. The van der Waals surface area contributed by atoms with E-state index in [1.807, 2.05) is 13.8 Å². The number of nitrogens with one attached hydrogen (secondary N) is 2. The molecule has 1 aromatic carbocycles. The summed E-state index contributed by atoms with van der Waals surface area (Å²) in [5, 5.41) is 15.6. The van der Waals surface area contributed by atoms with Crippen molar-refractivity contribution in [1.82, 2.24) is 10.2 Å². The van der Waals surface area contributed by atoms with Gasteiger partial charge in [-0.1, -0.05) is 29.3 Å². The Morgan fingerprint density at radius 3 is 2.63 bits per heavy atom. The van der Waals surface area contributed by atoms with Gasteiger partial charge in [-0.2, -0.15) is 0 Å². The maximum atomic E-state index is 13.7. The number of aliphatic hydroxyl groups excluding tert-OH is 1. The van der Waals surface area contributed by atoms with E-state index >= 15 is 0 Å². The van der Waals surface area contributed by atoms with E-state index < -0.39 is 22.6 Å².